The number of likely N-dealkylation sites (tertiary alicyclic amines) is 1. The second-order valence-corrected chi connectivity index (χ2v) is 7.11. The van der Waals surface area contributed by atoms with Crippen LogP contribution in [0.25, 0.3) is 0 Å². The van der Waals surface area contributed by atoms with Crippen LogP contribution < -0.4 is 11.4 Å². The van der Waals surface area contributed by atoms with Gasteiger partial charge in [0.2, 0.25) is 11.1 Å². The molecule has 2 aromatic rings. The normalized spacial score (nSPS) is 15.8. The summed E-state index contributed by atoms with van der Waals surface area (Å²) in [5, 5.41) is 7.58. The van der Waals surface area contributed by atoms with Crippen LogP contribution in [0, 0.1) is 6.92 Å². The first-order valence-electron chi connectivity index (χ1n) is 8.29. The fourth-order valence-corrected chi connectivity index (χ4v) is 3.86. The van der Waals surface area contributed by atoms with E-state index >= 15 is 0 Å². The molecule has 1 amide bonds. The van der Waals surface area contributed by atoms with Crippen LogP contribution >= 0.6 is 11.8 Å². The summed E-state index contributed by atoms with van der Waals surface area (Å²) in [6, 6.07) is 9.49. The topological polar surface area (TPSA) is 94.1 Å². The van der Waals surface area contributed by atoms with E-state index in [0.717, 1.165) is 42.6 Å². The van der Waals surface area contributed by atoms with Gasteiger partial charge in [0.25, 0.3) is 5.56 Å². The molecule has 0 bridgehead atoms. The average Bonchev–Trinajstić information content (AvgIpc) is 2.66. The highest BCUT2D eigenvalue weighted by Gasteiger charge is 2.29. The van der Waals surface area contributed by atoms with Gasteiger partial charge in [-0.25, -0.2) is 0 Å². The SMILES string of the molecule is Cc1nnc(S[C@@H](C(=O)N2CCCCC2)c2ccccc2)n(N)c1=O. The van der Waals surface area contributed by atoms with Crippen LogP contribution in [0.5, 0.6) is 0 Å². The number of carbonyl (C=O) groups excluding carboxylic acids is 1. The lowest BCUT2D eigenvalue weighted by Crippen LogP contribution is -2.38. The number of carbonyl (C=O) groups is 1. The summed E-state index contributed by atoms with van der Waals surface area (Å²) in [5.74, 6) is 5.86. The van der Waals surface area contributed by atoms with E-state index in [4.69, 9.17) is 5.84 Å². The van der Waals surface area contributed by atoms with Crippen LogP contribution in [0.1, 0.15) is 35.8 Å². The minimum atomic E-state index is -0.509. The van der Waals surface area contributed by atoms with E-state index in [2.05, 4.69) is 10.2 Å². The van der Waals surface area contributed by atoms with Gasteiger partial charge in [-0.15, -0.1) is 10.2 Å². The lowest BCUT2D eigenvalue weighted by Gasteiger charge is -2.30. The predicted molar refractivity (Wildman–Crippen MR) is 96.7 cm³/mol. The van der Waals surface area contributed by atoms with Crippen molar-refractivity contribution in [2.24, 2.45) is 0 Å². The van der Waals surface area contributed by atoms with E-state index in [0.29, 0.717) is 0 Å². The number of hydrogen-bond acceptors (Lipinski definition) is 6. The molecule has 0 aliphatic carbocycles. The fourth-order valence-electron chi connectivity index (χ4n) is 2.82. The number of benzene rings is 1. The van der Waals surface area contributed by atoms with Crippen LogP contribution in [0.2, 0.25) is 0 Å². The van der Waals surface area contributed by atoms with Crippen molar-refractivity contribution in [3.05, 3.63) is 51.9 Å². The number of nitrogen functional groups attached to an aromatic ring is 1. The Morgan fingerprint density at radius 3 is 2.52 bits per heavy atom. The molecule has 1 aliphatic rings. The van der Waals surface area contributed by atoms with Gasteiger partial charge < -0.3 is 10.7 Å². The number of aromatic nitrogens is 3. The van der Waals surface area contributed by atoms with Gasteiger partial charge in [-0.3, -0.25) is 9.59 Å². The second-order valence-electron chi connectivity index (χ2n) is 6.04. The zero-order valence-electron chi connectivity index (χ0n) is 14.1. The maximum atomic E-state index is 13.1. The summed E-state index contributed by atoms with van der Waals surface area (Å²) in [7, 11) is 0. The maximum absolute atomic E-state index is 13.1. The van der Waals surface area contributed by atoms with Crippen LogP contribution in [-0.4, -0.2) is 38.8 Å². The Bertz CT molecular complexity index is 802. The Balaban J connectivity index is 1.93. The molecule has 1 aliphatic heterocycles. The van der Waals surface area contributed by atoms with Crippen LogP contribution in [0.3, 0.4) is 0 Å². The third-order valence-corrected chi connectivity index (χ3v) is 5.44. The molecule has 2 N–H and O–H groups in total. The Hall–Kier alpha value is -2.35. The monoisotopic (exact) mass is 359 g/mol. The molecule has 1 saturated heterocycles. The molecular formula is C17H21N5O2S. The van der Waals surface area contributed by atoms with Gasteiger partial charge in [-0.05, 0) is 31.7 Å². The second kappa shape index (κ2) is 7.69. The maximum Gasteiger partial charge on any atom is 0.294 e. The molecule has 1 aromatic heterocycles. The minimum Gasteiger partial charge on any atom is -0.341 e. The molecule has 132 valence electrons. The lowest BCUT2D eigenvalue weighted by molar-refractivity contribution is -0.131. The molecule has 0 unspecified atom stereocenters. The van der Waals surface area contributed by atoms with Gasteiger partial charge >= 0.3 is 0 Å². The fraction of sp³-hybridized carbons (Fsp3) is 0.412. The summed E-state index contributed by atoms with van der Waals surface area (Å²) >= 11 is 1.17. The van der Waals surface area contributed by atoms with Crippen molar-refractivity contribution in [1.82, 2.24) is 19.8 Å². The highest BCUT2D eigenvalue weighted by molar-refractivity contribution is 8.00. The smallest absolute Gasteiger partial charge is 0.294 e. The molecule has 1 atom stereocenters. The number of amides is 1. The Morgan fingerprint density at radius 1 is 1.16 bits per heavy atom. The molecule has 1 fully saturated rings. The molecular weight excluding hydrogens is 338 g/mol. The van der Waals surface area contributed by atoms with Crippen molar-refractivity contribution in [3.63, 3.8) is 0 Å². The average molecular weight is 359 g/mol. The van der Waals surface area contributed by atoms with Crippen molar-refractivity contribution < 1.29 is 4.79 Å². The van der Waals surface area contributed by atoms with E-state index in [1.54, 1.807) is 6.92 Å². The van der Waals surface area contributed by atoms with Crippen molar-refractivity contribution in [2.75, 3.05) is 18.9 Å². The molecule has 7 nitrogen and oxygen atoms in total. The lowest BCUT2D eigenvalue weighted by atomic mass is 10.1. The van der Waals surface area contributed by atoms with Gasteiger partial charge in [-0.1, -0.05) is 42.1 Å². The highest BCUT2D eigenvalue weighted by atomic mass is 32.2. The summed E-state index contributed by atoms with van der Waals surface area (Å²) in [6.07, 6.45) is 3.19. The number of hydrogen-bond donors (Lipinski definition) is 1. The van der Waals surface area contributed by atoms with Crippen LogP contribution in [-0.2, 0) is 4.79 Å². The van der Waals surface area contributed by atoms with Gasteiger partial charge in [0.15, 0.2) is 0 Å². The van der Waals surface area contributed by atoms with Gasteiger partial charge in [0.1, 0.15) is 10.9 Å². The minimum absolute atomic E-state index is 0.0192. The third kappa shape index (κ3) is 3.84. The predicted octanol–water partition coefficient (Wildman–Crippen LogP) is 1.51. The van der Waals surface area contributed by atoms with E-state index in [1.165, 1.54) is 11.8 Å². The molecule has 1 aromatic carbocycles. The molecule has 3 rings (SSSR count). The first-order chi connectivity index (χ1) is 12.1. The van der Waals surface area contributed by atoms with E-state index in [9.17, 15) is 9.59 Å². The van der Waals surface area contributed by atoms with Crippen molar-refractivity contribution in [3.8, 4) is 0 Å². The number of piperidine rings is 1. The Labute approximate surface area is 150 Å². The standard InChI is InChI=1S/C17H21N5O2S/c1-12-15(23)22(18)17(20-19-12)25-14(13-8-4-2-5-9-13)16(24)21-10-6-3-7-11-21/h2,4-5,8-9,14H,3,6-7,10-11,18H2,1H3/t14-/m1/s1. The number of rotatable bonds is 4. The molecule has 0 saturated carbocycles. The van der Waals surface area contributed by atoms with Crippen LogP contribution in [0.15, 0.2) is 40.3 Å². The number of nitrogens with zero attached hydrogens (tertiary/aromatic N) is 4. The van der Waals surface area contributed by atoms with Gasteiger partial charge in [0, 0.05) is 13.1 Å². The quantitative estimate of drug-likeness (QED) is 0.657. The molecule has 25 heavy (non-hydrogen) atoms. The van der Waals surface area contributed by atoms with E-state index in [1.807, 2.05) is 35.2 Å². The van der Waals surface area contributed by atoms with Gasteiger partial charge in [0.05, 0.1) is 0 Å². The molecule has 0 spiro atoms. The highest BCUT2D eigenvalue weighted by Crippen LogP contribution is 2.35. The summed E-state index contributed by atoms with van der Waals surface area (Å²) in [6.45, 7) is 3.08. The number of aryl methyl sites for hydroxylation is 1. The molecule has 2 heterocycles. The van der Waals surface area contributed by atoms with Crippen molar-refractivity contribution in [2.45, 2.75) is 36.6 Å². The summed E-state index contributed by atoms with van der Waals surface area (Å²) in [4.78, 5) is 27.0. The summed E-state index contributed by atoms with van der Waals surface area (Å²) in [5.41, 5.74) is 0.679. The van der Waals surface area contributed by atoms with Crippen molar-refractivity contribution in [1.29, 1.82) is 0 Å². The number of thioether (sulfide) groups is 1. The molecule has 0 radical (unpaired) electrons. The van der Waals surface area contributed by atoms with Gasteiger partial charge in [-0.2, -0.15) is 4.68 Å². The largest absolute Gasteiger partial charge is 0.341 e. The zero-order chi connectivity index (χ0) is 17.8. The van der Waals surface area contributed by atoms with Crippen molar-refractivity contribution >= 4 is 17.7 Å². The van der Waals surface area contributed by atoms with Crippen LogP contribution in [0.4, 0.5) is 0 Å². The first-order valence-corrected chi connectivity index (χ1v) is 9.17. The molecule has 8 heteroatoms. The van der Waals surface area contributed by atoms with E-state index in [-0.39, 0.29) is 16.8 Å². The van der Waals surface area contributed by atoms with E-state index < -0.39 is 10.8 Å². The first kappa shape index (κ1) is 17.5. The Morgan fingerprint density at radius 2 is 1.84 bits per heavy atom. The third-order valence-electron chi connectivity index (χ3n) is 4.24. The summed E-state index contributed by atoms with van der Waals surface area (Å²) < 4.78 is 0.965. The Kier molecular flexibility index (Phi) is 5.37. The zero-order valence-corrected chi connectivity index (χ0v) is 14.9. The number of nitrogens with two attached hydrogens (primary N) is 1.